The fraction of sp³-hybridized carbons (Fsp3) is 1.00. The average molecular weight is 715 g/mol. The van der Waals surface area contributed by atoms with Crippen molar-refractivity contribution >= 4 is 70.6 Å². The minimum atomic E-state index is 0.283. The Morgan fingerprint density at radius 2 is 0.341 bits per heavy atom. The van der Waals surface area contributed by atoms with E-state index in [0.717, 1.165) is 31.5 Å². The highest BCUT2D eigenvalue weighted by atomic mass is 32.3. The minimum absolute atomic E-state index is 0.283. The summed E-state index contributed by atoms with van der Waals surface area (Å²) in [7, 11) is 0. The fourth-order valence-electron chi connectivity index (χ4n) is 9.01. The van der Waals surface area contributed by atoms with Crippen LogP contribution in [0, 0.1) is 0 Å². The van der Waals surface area contributed by atoms with Gasteiger partial charge in [0.15, 0.2) is 0 Å². The van der Waals surface area contributed by atoms with Gasteiger partial charge in [0.05, 0.1) is 0 Å². The molecular formula is C38H66S6. The molecule has 0 aromatic heterocycles. The van der Waals surface area contributed by atoms with Gasteiger partial charge in [0.25, 0.3) is 0 Å². The van der Waals surface area contributed by atoms with Gasteiger partial charge in [0, 0.05) is 31.5 Å². The summed E-state index contributed by atoms with van der Waals surface area (Å²) in [6.45, 7) is 0. The maximum atomic E-state index is 2.64. The molecule has 6 heteroatoms. The molecule has 6 saturated carbocycles. The standard InChI is InChI=1S/C38H66S6/c1-7-19-31(20-8-1)39-37(40-32-21-9-2-10-22-32,41-33-23-11-3-12-24-33)38(42-34-25-13-4-14-26-34,43-35-27-15-5-16-28-35)44-36-29-17-6-18-30-36/h31-36H,1-30H2. The summed E-state index contributed by atoms with van der Waals surface area (Å²) in [6, 6.07) is 0. The second kappa shape index (κ2) is 18.9. The molecule has 0 nitrogen and oxygen atoms in total. The molecule has 6 aliphatic carbocycles. The van der Waals surface area contributed by atoms with Crippen LogP contribution in [0.1, 0.15) is 193 Å². The SMILES string of the molecule is C1CCC(SC(SC2CCCCC2)(SC2CCCCC2)C(SC2CCCCC2)(SC2CCCCC2)SC2CCCCC2)CC1. The molecular weight excluding hydrogens is 649 g/mol. The molecule has 0 aromatic carbocycles. The van der Waals surface area contributed by atoms with E-state index in [1.807, 2.05) is 0 Å². The van der Waals surface area contributed by atoms with Crippen LogP contribution < -0.4 is 0 Å². The lowest BCUT2D eigenvalue weighted by atomic mass is 10.0. The van der Waals surface area contributed by atoms with Crippen molar-refractivity contribution in [2.45, 2.75) is 231 Å². The number of rotatable bonds is 13. The van der Waals surface area contributed by atoms with Crippen LogP contribution in [-0.4, -0.2) is 38.3 Å². The Balaban J connectivity index is 1.44. The molecule has 0 aromatic rings. The lowest BCUT2D eigenvalue weighted by Crippen LogP contribution is -2.47. The second-order valence-corrected chi connectivity index (χ2v) is 26.0. The quantitative estimate of drug-likeness (QED) is 0.173. The molecule has 0 aliphatic heterocycles. The zero-order valence-electron chi connectivity index (χ0n) is 28.1. The summed E-state index contributed by atoms with van der Waals surface area (Å²) >= 11 is 15.8. The first-order chi connectivity index (χ1) is 21.7. The van der Waals surface area contributed by atoms with Crippen LogP contribution >= 0.6 is 70.6 Å². The summed E-state index contributed by atoms with van der Waals surface area (Å²) in [5, 5.41) is 5.34. The summed E-state index contributed by atoms with van der Waals surface area (Å²) in [5.41, 5.74) is 0. The summed E-state index contributed by atoms with van der Waals surface area (Å²) in [6.07, 6.45) is 44.8. The lowest BCUT2D eigenvalue weighted by molar-refractivity contribution is 0.506. The van der Waals surface area contributed by atoms with Crippen molar-refractivity contribution in [3.8, 4) is 0 Å². The van der Waals surface area contributed by atoms with E-state index in [0.29, 0.717) is 0 Å². The number of thioether (sulfide) groups is 6. The van der Waals surface area contributed by atoms with Crippen LogP contribution in [0.15, 0.2) is 0 Å². The van der Waals surface area contributed by atoms with Crippen molar-refractivity contribution < 1.29 is 0 Å². The fourth-order valence-corrected chi connectivity index (χ4v) is 24.8. The van der Waals surface area contributed by atoms with E-state index in [9.17, 15) is 0 Å². The van der Waals surface area contributed by atoms with E-state index in [1.165, 1.54) is 193 Å². The molecule has 254 valence electrons. The molecule has 0 spiro atoms. The van der Waals surface area contributed by atoms with Gasteiger partial charge >= 0.3 is 0 Å². The Hall–Kier alpha value is 2.10. The normalized spacial score (nSPS) is 27.5. The van der Waals surface area contributed by atoms with Crippen molar-refractivity contribution in [3.63, 3.8) is 0 Å². The van der Waals surface area contributed by atoms with Gasteiger partial charge in [-0.25, -0.2) is 0 Å². The van der Waals surface area contributed by atoms with Crippen molar-refractivity contribution in [1.29, 1.82) is 0 Å². The van der Waals surface area contributed by atoms with Gasteiger partial charge in [-0.2, -0.15) is 0 Å². The molecule has 0 atom stereocenters. The highest BCUT2D eigenvalue weighted by Crippen LogP contribution is 2.74. The van der Waals surface area contributed by atoms with E-state index < -0.39 is 0 Å². The third kappa shape index (κ3) is 10.3. The van der Waals surface area contributed by atoms with Crippen LogP contribution in [0.3, 0.4) is 0 Å². The maximum Gasteiger partial charge on any atom is 0.141 e. The number of hydrogen-bond acceptors (Lipinski definition) is 6. The summed E-state index contributed by atoms with van der Waals surface area (Å²) in [4.78, 5) is 0. The van der Waals surface area contributed by atoms with Gasteiger partial charge < -0.3 is 0 Å². The lowest BCUT2D eigenvalue weighted by Gasteiger charge is -2.55. The first kappa shape index (κ1) is 35.9. The van der Waals surface area contributed by atoms with Gasteiger partial charge in [-0.05, 0) is 77.0 Å². The van der Waals surface area contributed by atoms with E-state index in [4.69, 9.17) is 0 Å². The van der Waals surface area contributed by atoms with Crippen LogP contribution in [-0.2, 0) is 0 Å². The molecule has 0 heterocycles. The van der Waals surface area contributed by atoms with Crippen molar-refractivity contribution in [1.82, 2.24) is 0 Å². The van der Waals surface area contributed by atoms with Crippen LogP contribution in [0.4, 0.5) is 0 Å². The molecule has 6 rings (SSSR count). The topological polar surface area (TPSA) is 0 Å². The second-order valence-electron chi connectivity index (χ2n) is 15.4. The zero-order chi connectivity index (χ0) is 29.9. The molecule has 0 bridgehead atoms. The molecule has 0 N–H and O–H groups in total. The Bertz CT molecular complexity index is 617. The van der Waals surface area contributed by atoms with Crippen molar-refractivity contribution in [2.24, 2.45) is 0 Å². The van der Waals surface area contributed by atoms with Crippen LogP contribution in [0.2, 0.25) is 0 Å². The van der Waals surface area contributed by atoms with E-state index in [-0.39, 0.29) is 6.82 Å². The van der Waals surface area contributed by atoms with Crippen molar-refractivity contribution in [3.05, 3.63) is 0 Å². The minimum Gasteiger partial charge on any atom is -0.127 e. The predicted molar refractivity (Wildman–Crippen MR) is 212 cm³/mol. The average Bonchev–Trinajstić information content (AvgIpc) is 3.07. The molecule has 0 radical (unpaired) electrons. The van der Waals surface area contributed by atoms with E-state index >= 15 is 0 Å². The summed E-state index contributed by atoms with van der Waals surface area (Å²) in [5.74, 6) is 0. The molecule has 6 fully saturated rings. The largest absolute Gasteiger partial charge is 0.141 e. The smallest absolute Gasteiger partial charge is 0.127 e. The zero-order valence-corrected chi connectivity index (χ0v) is 33.0. The Morgan fingerprint density at radius 1 is 0.205 bits per heavy atom. The first-order valence-electron chi connectivity index (χ1n) is 19.8. The molecule has 44 heavy (non-hydrogen) atoms. The first-order valence-corrected chi connectivity index (χ1v) is 25.1. The number of hydrogen-bond donors (Lipinski definition) is 0. The molecule has 0 unspecified atom stereocenters. The highest BCUT2D eigenvalue weighted by molar-refractivity contribution is 8.43. The Labute approximate surface area is 299 Å². The monoisotopic (exact) mass is 714 g/mol. The van der Waals surface area contributed by atoms with Crippen LogP contribution in [0.5, 0.6) is 0 Å². The predicted octanol–water partition coefficient (Wildman–Crippen LogP) is 14.7. The molecule has 0 saturated heterocycles. The maximum absolute atomic E-state index is 2.64. The molecule has 0 amide bonds. The van der Waals surface area contributed by atoms with Gasteiger partial charge in [-0.15, -0.1) is 70.6 Å². The Kier molecular flexibility index (Phi) is 15.4. The third-order valence-corrected chi connectivity index (χ3v) is 24.8. The van der Waals surface area contributed by atoms with Crippen LogP contribution in [0.25, 0.3) is 0 Å². The van der Waals surface area contributed by atoms with Gasteiger partial charge in [0.2, 0.25) is 0 Å². The van der Waals surface area contributed by atoms with Gasteiger partial charge in [0.1, 0.15) is 6.82 Å². The van der Waals surface area contributed by atoms with Crippen molar-refractivity contribution in [2.75, 3.05) is 0 Å². The highest BCUT2D eigenvalue weighted by Gasteiger charge is 2.60. The van der Waals surface area contributed by atoms with Gasteiger partial charge in [-0.1, -0.05) is 116 Å². The Morgan fingerprint density at radius 3 is 0.477 bits per heavy atom. The molecule has 6 aliphatic rings. The van der Waals surface area contributed by atoms with E-state index in [2.05, 4.69) is 70.6 Å². The van der Waals surface area contributed by atoms with E-state index in [1.54, 1.807) is 0 Å². The van der Waals surface area contributed by atoms with Gasteiger partial charge in [-0.3, -0.25) is 0 Å². The summed E-state index contributed by atoms with van der Waals surface area (Å²) < 4.78 is 0.566. The third-order valence-electron chi connectivity index (χ3n) is 11.6.